The lowest BCUT2D eigenvalue weighted by Crippen LogP contribution is -2.49. The van der Waals surface area contributed by atoms with Gasteiger partial charge < -0.3 is 20.4 Å². The van der Waals surface area contributed by atoms with Gasteiger partial charge in [0.25, 0.3) is 5.91 Å². The van der Waals surface area contributed by atoms with Crippen molar-refractivity contribution in [3.63, 3.8) is 0 Å². The minimum atomic E-state index is -0.180. The second kappa shape index (κ2) is 9.49. The molecule has 1 aromatic carbocycles. The number of carbonyl (C=O) groups excluding carboxylic acids is 1. The largest absolute Gasteiger partial charge is 0.456 e. The summed E-state index contributed by atoms with van der Waals surface area (Å²) in [5.41, 5.74) is 2.07. The SMILES string of the molecule is CN/C(=N\C#N)N[C@H]1CC[C@](CNC(=O)c2cc(C)c(C)o2)(c2ccccc2)CC1. The molecule has 1 heterocycles. The van der Waals surface area contributed by atoms with Gasteiger partial charge in [0.15, 0.2) is 5.76 Å². The first-order chi connectivity index (χ1) is 14.5. The molecule has 1 aliphatic carbocycles. The highest BCUT2D eigenvalue weighted by Gasteiger charge is 2.37. The molecule has 1 saturated carbocycles. The maximum absolute atomic E-state index is 12.7. The first-order valence-electron chi connectivity index (χ1n) is 10.3. The van der Waals surface area contributed by atoms with Crippen molar-refractivity contribution in [3.8, 4) is 6.19 Å². The average Bonchev–Trinajstić information content (AvgIpc) is 3.12. The van der Waals surface area contributed by atoms with E-state index >= 15 is 0 Å². The molecule has 1 amide bonds. The van der Waals surface area contributed by atoms with Crippen LogP contribution < -0.4 is 16.0 Å². The Labute approximate surface area is 177 Å². The number of carbonyl (C=O) groups is 1. The molecular formula is C23H29N5O2. The van der Waals surface area contributed by atoms with Gasteiger partial charge in [-0.05, 0) is 56.7 Å². The monoisotopic (exact) mass is 407 g/mol. The predicted octanol–water partition coefficient (Wildman–Crippen LogP) is 3.15. The van der Waals surface area contributed by atoms with Gasteiger partial charge in [0.1, 0.15) is 5.76 Å². The third kappa shape index (κ3) is 4.82. The van der Waals surface area contributed by atoms with Gasteiger partial charge in [-0.25, -0.2) is 0 Å². The van der Waals surface area contributed by atoms with Crippen LogP contribution in [-0.4, -0.2) is 31.5 Å². The van der Waals surface area contributed by atoms with Gasteiger partial charge >= 0.3 is 0 Å². The highest BCUT2D eigenvalue weighted by molar-refractivity contribution is 5.91. The van der Waals surface area contributed by atoms with E-state index in [0.717, 1.165) is 37.0 Å². The van der Waals surface area contributed by atoms with Crippen LogP contribution in [-0.2, 0) is 5.41 Å². The predicted molar refractivity (Wildman–Crippen MR) is 116 cm³/mol. The van der Waals surface area contributed by atoms with Crippen molar-refractivity contribution in [1.82, 2.24) is 16.0 Å². The number of nitrogens with zero attached hydrogens (tertiary/aromatic N) is 2. The van der Waals surface area contributed by atoms with Crippen LogP contribution in [0.3, 0.4) is 0 Å². The number of hydrogen-bond donors (Lipinski definition) is 3. The van der Waals surface area contributed by atoms with Crippen LogP contribution in [0.2, 0.25) is 0 Å². The Morgan fingerprint density at radius 1 is 1.27 bits per heavy atom. The molecule has 30 heavy (non-hydrogen) atoms. The Kier molecular flexibility index (Phi) is 6.78. The van der Waals surface area contributed by atoms with Gasteiger partial charge in [-0.15, -0.1) is 4.99 Å². The summed E-state index contributed by atoms with van der Waals surface area (Å²) in [7, 11) is 1.74. The lowest BCUT2D eigenvalue weighted by atomic mass is 9.68. The third-order valence-corrected chi connectivity index (χ3v) is 6.05. The summed E-state index contributed by atoms with van der Waals surface area (Å²) in [5, 5.41) is 18.1. The van der Waals surface area contributed by atoms with Crippen LogP contribution in [0.1, 0.15) is 53.1 Å². The Hall–Kier alpha value is -3.27. The molecule has 0 spiro atoms. The average molecular weight is 408 g/mol. The molecule has 1 aliphatic rings. The van der Waals surface area contributed by atoms with E-state index in [1.165, 1.54) is 5.56 Å². The first kappa shape index (κ1) is 21.4. The zero-order chi connectivity index (χ0) is 21.6. The maximum Gasteiger partial charge on any atom is 0.287 e. The molecule has 1 fully saturated rings. The minimum absolute atomic E-state index is 0.141. The van der Waals surface area contributed by atoms with Crippen LogP contribution in [0.5, 0.6) is 0 Å². The molecule has 0 radical (unpaired) electrons. The number of hydrogen-bond acceptors (Lipinski definition) is 4. The molecule has 158 valence electrons. The minimum Gasteiger partial charge on any atom is -0.456 e. The van der Waals surface area contributed by atoms with Gasteiger partial charge in [0.2, 0.25) is 12.2 Å². The summed E-state index contributed by atoms with van der Waals surface area (Å²) in [6.07, 6.45) is 5.46. The number of aryl methyl sites for hydroxylation is 2. The smallest absolute Gasteiger partial charge is 0.287 e. The first-order valence-corrected chi connectivity index (χ1v) is 10.3. The fourth-order valence-corrected chi connectivity index (χ4v) is 4.10. The number of guanidine groups is 1. The standard InChI is InChI=1S/C23H29N5O2/c1-16-13-20(30-17(16)2)21(29)26-14-23(18-7-5-4-6-8-18)11-9-19(10-12-23)28-22(25-3)27-15-24/h4-8,13,19H,9-12,14H2,1-3H3,(H,26,29)(H2,25,27,28)/t19-,23-. The fraction of sp³-hybridized carbons (Fsp3) is 0.435. The van der Waals surface area contributed by atoms with Crippen LogP contribution in [0.4, 0.5) is 0 Å². The summed E-state index contributed by atoms with van der Waals surface area (Å²) in [6, 6.07) is 12.4. The zero-order valence-corrected chi connectivity index (χ0v) is 17.8. The van der Waals surface area contributed by atoms with Gasteiger partial charge in [-0.2, -0.15) is 5.26 Å². The summed E-state index contributed by atoms with van der Waals surface area (Å²) >= 11 is 0. The van der Waals surface area contributed by atoms with E-state index in [-0.39, 0.29) is 17.4 Å². The van der Waals surface area contributed by atoms with Gasteiger partial charge in [0.05, 0.1) is 0 Å². The lowest BCUT2D eigenvalue weighted by molar-refractivity contribution is 0.0906. The van der Waals surface area contributed by atoms with Gasteiger partial charge in [0, 0.05) is 25.0 Å². The molecule has 1 aromatic heterocycles. The van der Waals surface area contributed by atoms with Crippen LogP contribution in [0, 0.1) is 25.3 Å². The van der Waals surface area contributed by atoms with E-state index in [1.807, 2.05) is 38.2 Å². The van der Waals surface area contributed by atoms with E-state index in [1.54, 1.807) is 13.1 Å². The summed E-state index contributed by atoms with van der Waals surface area (Å²) < 4.78 is 5.58. The topological polar surface area (TPSA) is 102 Å². The van der Waals surface area contributed by atoms with E-state index in [2.05, 4.69) is 33.1 Å². The number of nitrogens with one attached hydrogen (secondary N) is 3. The summed E-state index contributed by atoms with van der Waals surface area (Å²) in [5.74, 6) is 1.44. The van der Waals surface area contributed by atoms with Crippen LogP contribution >= 0.6 is 0 Å². The normalized spacial score (nSPS) is 21.5. The highest BCUT2D eigenvalue weighted by Crippen LogP contribution is 2.39. The maximum atomic E-state index is 12.7. The molecule has 3 N–H and O–H groups in total. The molecule has 7 heteroatoms. The number of furan rings is 1. The molecule has 3 rings (SSSR count). The van der Waals surface area contributed by atoms with Gasteiger partial charge in [-0.3, -0.25) is 4.79 Å². The van der Waals surface area contributed by atoms with Crippen molar-refractivity contribution in [1.29, 1.82) is 5.26 Å². The van der Waals surface area contributed by atoms with Crippen molar-refractivity contribution >= 4 is 11.9 Å². The van der Waals surface area contributed by atoms with Crippen molar-refractivity contribution in [2.75, 3.05) is 13.6 Å². The number of rotatable bonds is 5. The number of amides is 1. The Morgan fingerprint density at radius 3 is 2.53 bits per heavy atom. The summed E-state index contributed by atoms with van der Waals surface area (Å²) in [4.78, 5) is 16.4. The van der Waals surface area contributed by atoms with Crippen molar-refractivity contribution in [2.45, 2.75) is 51.0 Å². The Bertz CT molecular complexity index is 915. The molecule has 0 unspecified atom stereocenters. The molecule has 2 aromatic rings. The molecule has 0 saturated heterocycles. The molecule has 0 aliphatic heterocycles. The Morgan fingerprint density at radius 2 is 1.97 bits per heavy atom. The van der Waals surface area contributed by atoms with E-state index in [9.17, 15) is 4.79 Å². The van der Waals surface area contributed by atoms with Crippen LogP contribution in [0.15, 0.2) is 45.8 Å². The highest BCUT2D eigenvalue weighted by atomic mass is 16.3. The second-order valence-electron chi connectivity index (χ2n) is 7.91. The lowest BCUT2D eigenvalue weighted by Gasteiger charge is -2.41. The zero-order valence-electron chi connectivity index (χ0n) is 17.8. The second-order valence-corrected chi connectivity index (χ2v) is 7.91. The van der Waals surface area contributed by atoms with Crippen molar-refractivity contribution in [2.24, 2.45) is 4.99 Å². The quantitative estimate of drug-likeness (QED) is 0.401. The van der Waals surface area contributed by atoms with E-state index < -0.39 is 0 Å². The number of nitriles is 1. The van der Waals surface area contributed by atoms with Gasteiger partial charge in [-0.1, -0.05) is 30.3 Å². The molecule has 0 atom stereocenters. The Balaban J connectivity index is 1.72. The van der Waals surface area contributed by atoms with Crippen molar-refractivity contribution in [3.05, 3.63) is 59.0 Å². The summed E-state index contributed by atoms with van der Waals surface area (Å²) in [6.45, 7) is 4.35. The van der Waals surface area contributed by atoms with Crippen molar-refractivity contribution < 1.29 is 9.21 Å². The van der Waals surface area contributed by atoms with E-state index in [4.69, 9.17) is 9.68 Å². The third-order valence-electron chi connectivity index (χ3n) is 6.05. The number of benzene rings is 1. The molecule has 0 bridgehead atoms. The van der Waals surface area contributed by atoms with Crippen LogP contribution in [0.25, 0.3) is 0 Å². The fourth-order valence-electron chi connectivity index (χ4n) is 4.10. The van der Waals surface area contributed by atoms with E-state index in [0.29, 0.717) is 18.3 Å². The molecular weight excluding hydrogens is 378 g/mol. The number of aliphatic imine (C=N–C) groups is 1. The molecule has 7 nitrogen and oxygen atoms in total.